The van der Waals surface area contributed by atoms with Crippen LogP contribution in [0, 0.1) is 5.82 Å². The molecule has 0 atom stereocenters. The van der Waals surface area contributed by atoms with Gasteiger partial charge in [-0.1, -0.05) is 0 Å². The Labute approximate surface area is 131 Å². The molecule has 0 fully saturated rings. The number of benzene rings is 1. The minimum absolute atomic E-state index is 0.0207. The van der Waals surface area contributed by atoms with Crippen molar-refractivity contribution < 1.29 is 22.4 Å². The summed E-state index contributed by atoms with van der Waals surface area (Å²) >= 11 is 0. The molecule has 0 saturated heterocycles. The standard InChI is InChI=1S/C13H8F4N6O/c14-7-3-1-6(2-4-7)8-5-9(21-20-8)10(24)18-12-19-11(22-23-12)13(15,16)17/h1-5H,(H,20,21)(H2,18,19,22,23,24). The van der Waals surface area contributed by atoms with E-state index in [2.05, 4.69) is 25.6 Å². The summed E-state index contributed by atoms with van der Waals surface area (Å²) in [5, 5.41) is 13.4. The van der Waals surface area contributed by atoms with Crippen LogP contribution in [0.15, 0.2) is 30.3 Å². The lowest BCUT2D eigenvalue weighted by Gasteiger charge is -1.99. The highest BCUT2D eigenvalue weighted by Crippen LogP contribution is 2.26. The van der Waals surface area contributed by atoms with Gasteiger partial charge in [-0.25, -0.2) is 4.39 Å². The first-order valence-electron chi connectivity index (χ1n) is 6.45. The summed E-state index contributed by atoms with van der Waals surface area (Å²) in [6.45, 7) is 0. The Hall–Kier alpha value is -3.24. The molecule has 1 amide bonds. The number of aromatic nitrogens is 5. The zero-order valence-electron chi connectivity index (χ0n) is 11.6. The van der Waals surface area contributed by atoms with Crippen molar-refractivity contribution in [1.29, 1.82) is 0 Å². The molecule has 0 radical (unpaired) electrons. The van der Waals surface area contributed by atoms with Crippen LogP contribution in [0.4, 0.5) is 23.5 Å². The van der Waals surface area contributed by atoms with Crippen molar-refractivity contribution >= 4 is 11.9 Å². The van der Waals surface area contributed by atoms with Gasteiger partial charge in [0.25, 0.3) is 5.91 Å². The number of hydrogen-bond donors (Lipinski definition) is 3. The van der Waals surface area contributed by atoms with Crippen LogP contribution in [0.5, 0.6) is 0 Å². The normalized spacial score (nSPS) is 11.5. The van der Waals surface area contributed by atoms with Crippen LogP contribution in [0.3, 0.4) is 0 Å². The molecular weight excluding hydrogens is 332 g/mol. The summed E-state index contributed by atoms with van der Waals surface area (Å²) in [7, 11) is 0. The molecule has 7 nitrogen and oxygen atoms in total. The molecule has 0 aliphatic carbocycles. The van der Waals surface area contributed by atoms with Crippen LogP contribution < -0.4 is 5.32 Å². The molecule has 124 valence electrons. The Morgan fingerprint density at radius 3 is 2.42 bits per heavy atom. The van der Waals surface area contributed by atoms with Crippen molar-refractivity contribution in [3.63, 3.8) is 0 Å². The maximum absolute atomic E-state index is 12.9. The van der Waals surface area contributed by atoms with Crippen LogP contribution in [0.25, 0.3) is 11.3 Å². The van der Waals surface area contributed by atoms with E-state index in [4.69, 9.17) is 0 Å². The molecule has 0 aliphatic heterocycles. The van der Waals surface area contributed by atoms with E-state index in [1.807, 2.05) is 0 Å². The van der Waals surface area contributed by atoms with Crippen LogP contribution in [-0.2, 0) is 6.18 Å². The third kappa shape index (κ3) is 3.24. The summed E-state index contributed by atoms with van der Waals surface area (Å²) in [4.78, 5) is 15.1. The Morgan fingerprint density at radius 2 is 1.79 bits per heavy atom. The SMILES string of the molecule is O=C(Nc1n[nH]c(C(F)(F)F)n1)c1cc(-c2ccc(F)cc2)n[nH]1. The molecule has 0 spiro atoms. The Bertz CT molecular complexity index is 867. The second kappa shape index (κ2) is 5.76. The first-order chi connectivity index (χ1) is 11.3. The summed E-state index contributed by atoms with van der Waals surface area (Å²) in [5.74, 6) is -3.04. The van der Waals surface area contributed by atoms with Gasteiger partial charge in [0, 0.05) is 5.56 Å². The van der Waals surface area contributed by atoms with Gasteiger partial charge in [0.05, 0.1) is 5.69 Å². The van der Waals surface area contributed by atoms with Gasteiger partial charge in [0.1, 0.15) is 11.5 Å². The number of hydrogen-bond acceptors (Lipinski definition) is 4. The summed E-state index contributed by atoms with van der Waals surface area (Å²) in [6, 6.07) is 6.77. The van der Waals surface area contributed by atoms with Crippen molar-refractivity contribution in [1.82, 2.24) is 25.4 Å². The molecule has 2 aromatic heterocycles. The van der Waals surface area contributed by atoms with E-state index in [0.29, 0.717) is 11.3 Å². The second-order valence-electron chi connectivity index (χ2n) is 4.63. The Balaban J connectivity index is 1.74. The zero-order valence-corrected chi connectivity index (χ0v) is 11.6. The van der Waals surface area contributed by atoms with Crippen molar-refractivity contribution in [3.05, 3.63) is 47.7 Å². The van der Waals surface area contributed by atoms with Crippen LogP contribution in [0.1, 0.15) is 16.3 Å². The van der Waals surface area contributed by atoms with Gasteiger partial charge in [-0.3, -0.25) is 20.3 Å². The van der Waals surface area contributed by atoms with Crippen LogP contribution >= 0.6 is 0 Å². The van der Waals surface area contributed by atoms with Crippen molar-refractivity contribution in [2.45, 2.75) is 6.18 Å². The van der Waals surface area contributed by atoms with E-state index < -0.39 is 29.7 Å². The van der Waals surface area contributed by atoms with Crippen LogP contribution in [0.2, 0.25) is 0 Å². The molecule has 3 aromatic rings. The monoisotopic (exact) mass is 340 g/mol. The van der Waals surface area contributed by atoms with Gasteiger partial charge >= 0.3 is 6.18 Å². The molecule has 1 aromatic carbocycles. The number of halogens is 4. The van der Waals surface area contributed by atoms with Gasteiger partial charge in [-0.05, 0) is 30.3 Å². The fraction of sp³-hybridized carbons (Fsp3) is 0.0769. The molecule has 3 rings (SSSR count). The first-order valence-corrected chi connectivity index (χ1v) is 6.45. The third-order valence-corrected chi connectivity index (χ3v) is 2.94. The Morgan fingerprint density at radius 1 is 1.08 bits per heavy atom. The molecule has 0 unspecified atom stereocenters. The van der Waals surface area contributed by atoms with Crippen LogP contribution in [-0.4, -0.2) is 31.3 Å². The van der Waals surface area contributed by atoms with Gasteiger partial charge in [0.15, 0.2) is 0 Å². The van der Waals surface area contributed by atoms with Gasteiger partial charge < -0.3 is 0 Å². The predicted octanol–water partition coefficient (Wildman–Crippen LogP) is 2.60. The molecule has 0 aliphatic rings. The smallest absolute Gasteiger partial charge is 0.288 e. The maximum Gasteiger partial charge on any atom is 0.451 e. The fourth-order valence-electron chi connectivity index (χ4n) is 1.82. The molecule has 3 N–H and O–H groups in total. The summed E-state index contributed by atoms with van der Waals surface area (Å²) in [6.07, 6.45) is -4.69. The van der Waals surface area contributed by atoms with E-state index in [9.17, 15) is 22.4 Å². The first kappa shape index (κ1) is 15.6. The molecule has 2 heterocycles. The number of anilines is 1. The minimum Gasteiger partial charge on any atom is -0.288 e. The van der Waals surface area contributed by atoms with E-state index in [-0.39, 0.29) is 5.69 Å². The number of carbonyl (C=O) groups is 1. The minimum atomic E-state index is -4.69. The van der Waals surface area contributed by atoms with E-state index in [0.717, 1.165) is 0 Å². The number of alkyl halides is 3. The lowest BCUT2D eigenvalue weighted by atomic mass is 10.1. The van der Waals surface area contributed by atoms with Gasteiger partial charge in [-0.15, -0.1) is 5.10 Å². The van der Waals surface area contributed by atoms with Crippen molar-refractivity contribution in [3.8, 4) is 11.3 Å². The Kier molecular flexibility index (Phi) is 3.75. The number of carbonyl (C=O) groups excluding carboxylic acids is 1. The molecular formula is C13H8F4N6O. The third-order valence-electron chi connectivity index (χ3n) is 2.94. The second-order valence-corrected chi connectivity index (χ2v) is 4.63. The number of nitrogens with zero attached hydrogens (tertiary/aromatic N) is 3. The van der Waals surface area contributed by atoms with E-state index in [1.54, 1.807) is 5.10 Å². The average molecular weight is 340 g/mol. The summed E-state index contributed by atoms with van der Waals surface area (Å²) in [5.41, 5.74) is 0.905. The topological polar surface area (TPSA) is 99.3 Å². The highest BCUT2D eigenvalue weighted by atomic mass is 19.4. The molecule has 24 heavy (non-hydrogen) atoms. The van der Waals surface area contributed by atoms with E-state index >= 15 is 0 Å². The quantitative estimate of drug-likeness (QED) is 0.638. The highest BCUT2D eigenvalue weighted by molar-refractivity contribution is 6.02. The summed E-state index contributed by atoms with van der Waals surface area (Å²) < 4.78 is 50.0. The number of rotatable bonds is 3. The van der Waals surface area contributed by atoms with E-state index in [1.165, 1.54) is 30.3 Å². The molecule has 0 saturated carbocycles. The van der Waals surface area contributed by atoms with Gasteiger partial charge in [-0.2, -0.15) is 23.3 Å². The number of amides is 1. The number of aromatic amines is 2. The molecule has 11 heteroatoms. The van der Waals surface area contributed by atoms with Gasteiger partial charge in [0.2, 0.25) is 11.8 Å². The van der Waals surface area contributed by atoms with Crippen molar-refractivity contribution in [2.24, 2.45) is 0 Å². The number of H-pyrrole nitrogens is 2. The lowest BCUT2D eigenvalue weighted by molar-refractivity contribution is -0.144. The average Bonchev–Trinajstić information content (AvgIpc) is 3.16. The number of nitrogens with one attached hydrogen (secondary N) is 3. The lowest BCUT2D eigenvalue weighted by Crippen LogP contribution is -2.14. The van der Waals surface area contributed by atoms with Crippen molar-refractivity contribution in [2.75, 3.05) is 5.32 Å². The predicted molar refractivity (Wildman–Crippen MR) is 73.3 cm³/mol. The zero-order chi connectivity index (χ0) is 17.3. The highest BCUT2D eigenvalue weighted by Gasteiger charge is 2.35. The fourth-order valence-corrected chi connectivity index (χ4v) is 1.82. The largest absolute Gasteiger partial charge is 0.451 e. The molecule has 0 bridgehead atoms. The maximum atomic E-state index is 12.9.